The Bertz CT molecular complexity index is 956. The van der Waals surface area contributed by atoms with Crippen LogP contribution < -0.4 is 14.8 Å². The number of pyridine rings is 1. The van der Waals surface area contributed by atoms with Gasteiger partial charge in [0.25, 0.3) is 5.91 Å². The molecule has 0 atom stereocenters. The van der Waals surface area contributed by atoms with Gasteiger partial charge in [-0.3, -0.25) is 4.79 Å². The number of rotatable bonds is 7. The molecule has 0 unspecified atom stereocenters. The van der Waals surface area contributed by atoms with E-state index in [-0.39, 0.29) is 12.5 Å². The number of hydrogen-bond donors (Lipinski definition) is 2. The molecule has 0 fully saturated rings. The molecule has 0 aliphatic carbocycles. The number of para-hydroxylation sites is 1. The van der Waals surface area contributed by atoms with E-state index < -0.39 is 0 Å². The molecule has 0 spiro atoms. The lowest BCUT2D eigenvalue weighted by molar-refractivity contribution is 0.0953. The van der Waals surface area contributed by atoms with Crippen LogP contribution >= 0.6 is 0 Å². The molecule has 140 valence electrons. The van der Waals surface area contributed by atoms with Gasteiger partial charge in [0, 0.05) is 24.1 Å². The Morgan fingerprint density at radius 1 is 1.07 bits per heavy atom. The Balaban J connectivity index is 2.08. The van der Waals surface area contributed by atoms with E-state index in [2.05, 4.69) is 5.32 Å². The van der Waals surface area contributed by atoms with Crippen LogP contribution in [0.5, 0.6) is 11.5 Å². The fourth-order valence-corrected chi connectivity index (χ4v) is 2.88. The molecule has 27 heavy (non-hydrogen) atoms. The smallest absolute Gasteiger partial charge is 0.252 e. The maximum absolute atomic E-state index is 12.7. The second-order valence-electron chi connectivity index (χ2n) is 5.98. The van der Waals surface area contributed by atoms with Gasteiger partial charge < -0.3 is 19.9 Å². The summed E-state index contributed by atoms with van der Waals surface area (Å²) in [6.07, 6.45) is 0.511. The molecule has 1 amide bonds. The molecule has 0 bridgehead atoms. The second-order valence-corrected chi connectivity index (χ2v) is 5.98. The maximum atomic E-state index is 12.7. The highest BCUT2D eigenvalue weighted by atomic mass is 16.5. The third-order valence-corrected chi connectivity index (χ3v) is 4.26. The summed E-state index contributed by atoms with van der Waals surface area (Å²) in [5, 5.41) is 12.5. The molecule has 0 saturated carbocycles. The number of amides is 1. The molecular formula is C21H22N2O4. The fraction of sp³-hybridized carbons (Fsp3) is 0.238. The first-order valence-corrected chi connectivity index (χ1v) is 8.69. The standard InChI is InChI=1S/C21H22N2O4/c1-26-19-9-8-14(12-20(19)27-2)18-13-16(21(25)22-10-5-11-24)15-6-3-4-7-17(15)23-18/h3-4,6-9,12-13,24H,5,10-11H2,1-2H3,(H,22,25). The topological polar surface area (TPSA) is 80.7 Å². The van der Waals surface area contributed by atoms with Crippen molar-refractivity contribution in [1.29, 1.82) is 0 Å². The van der Waals surface area contributed by atoms with Gasteiger partial charge in [-0.15, -0.1) is 0 Å². The minimum Gasteiger partial charge on any atom is -0.493 e. The number of nitrogens with one attached hydrogen (secondary N) is 1. The summed E-state index contributed by atoms with van der Waals surface area (Å²) in [7, 11) is 3.16. The number of methoxy groups -OCH3 is 2. The number of carbonyl (C=O) groups is 1. The Morgan fingerprint density at radius 2 is 1.85 bits per heavy atom. The molecule has 6 heteroatoms. The average Bonchev–Trinajstić information content (AvgIpc) is 2.72. The number of ether oxygens (including phenoxy) is 2. The van der Waals surface area contributed by atoms with E-state index in [0.717, 1.165) is 16.5 Å². The highest BCUT2D eigenvalue weighted by Crippen LogP contribution is 2.33. The van der Waals surface area contributed by atoms with Gasteiger partial charge in [0.15, 0.2) is 11.5 Å². The predicted molar refractivity (Wildman–Crippen MR) is 104 cm³/mol. The van der Waals surface area contributed by atoms with Crippen LogP contribution in [0.25, 0.3) is 22.2 Å². The lowest BCUT2D eigenvalue weighted by Crippen LogP contribution is -2.25. The van der Waals surface area contributed by atoms with Gasteiger partial charge in [-0.25, -0.2) is 4.98 Å². The minimum absolute atomic E-state index is 0.0360. The summed E-state index contributed by atoms with van der Waals surface area (Å²) in [5.41, 5.74) is 2.77. The van der Waals surface area contributed by atoms with Gasteiger partial charge in [0.05, 0.1) is 31.0 Å². The van der Waals surface area contributed by atoms with Crippen molar-refractivity contribution >= 4 is 16.8 Å². The van der Waals surface area contributed by atoms with Crippen LogP contribution in [-0.2, 0) is 0 Å². The third kappa shape index (κ3) is 4.01. The summed E-state index contributed by atoms with van der Waals surface area (Å²) in [6, 6.07) is 14.8. The molecule has 3 rings (SSSR count). The van der Waals surface area contributed by atoms with Gasteiger partial charge in [-0.2, -0.15) is 0 Å². The zero-order valence-electron chi connectivity index (χ0n) is 15.4. The molecule has 0 aliphatic heterocycles. The quantitative estimate of drug-likeness (QED) is 0.628. The van der Waals surface area contributed by atoms with Gasteiger partial charge in [-0.1, -0.05) is 18.2 Å². The van der Waals surface area contributed by atoms with E-state index in [1.54, 1.807) is 20.3 Å². The molecule has 2 aromatic carbocycles. The number of benzene rings is 2. The van der Waals surface area contributed by atoms with Crippen molar-refractivity contribution in [2.45, 2.75) is 6.42 Å². The lowest BCUT2D eigenvalue weighted by Gasteiger charge is -2.12. The zero-order chi connectivity index (χ0) is 19.2. The highest BCUT2D eigenvalue weighted by Gasteiger charge is 2.15. The van der Waals surface area contributed by atoms with E-state index in [4.69, 9.17) is 19.6 Å². The molecular weight excluding hydrogens is 344 g/mol. The molecule has 1 aromatic heterocycles. The van der Waals surface area contributed by atoms with Crippen molar-refractivity contribution in [3.63, 3.8) is 0 Å². The van der Waals surface area contributed by atoms with Crippen LogP contribution in [0.15, 0.2) is 48.5 Å². The van der Waals surface area contributed by atoms with Crippen LogP contribution in [0.2, 0.25) is 0 Å². The molecule has 6 nitrogen and oxygen atoms in total. The molecule has 0 radical (unpaired) electrons. The second kappa shape index (κ2) is 8.51. The highest BCUT2D eigenvalue weighted by molar-refractivity contribution is 6.07. The summed E-state index contributed by atoms with van der Waals surface area (Å²) >= 11 is 0. The number of nitrogens with zero attached hydrogens (tertiary/aromatic N) is 1. The van der Waals surface area contributed by atoms with Crippen LogP contribution in [0.1, 0.15) is 16.8 Å². The minimum atomic E-state index is -0.191. The van der Waals surface area contributed by atoms with E-state index in [1.807, 2.05) is 42.5 Å². The van der Waals surface area contributed by atoms with Gasteiger partial charge in [-0.05, 0) is 36.8 Å². The summed E-state index contributed by atoms with van der Waals surface area (Å²) in [6.45, 7) is 0.450. The summed E-state index contributed by atoms with van der Waals surface area (Å²) < 4.78 is 10.7. The number of aliphatic hydroxyl groups is 1. The SMILES string of the molecule is COc1ccc(-c2cc(C(=O)NCCCO)c3ccccc3n2)cc1OC. The van der Waals surface area contributed by atoms with Crippen molar-refractivity contribution in [2.75, 3.05) is 27.4 Å². The number of hydrogen-bond acceptors (Lipinski definition) is 5. The van der Waals surface area contributed by atoms with Crippen molar-refractivity contribution in [2.24, 2.45) is 0 Å². The predicted octanol–water partition coefficient (Wildman–Crippen LogP) is 3.03. The van der Waals surface area contributed by atoms with Gasteiger partial charge >= 0.3 is 0 Å². The van der Waals surface area contributed by atoms with Crippen LogP contribution in [-0.4, -0.2) is 43.4 Å². The van der Waals surface area contributed by atoms with E-state index in [9.17, 15) is 4.79 Å². The molecule has 1 heterocycles. The van der Waals surface area contributed by atoms with E-state index >= 15 is 0 Å². The molecule has 3 aromatic rings. The van der Waals surface area contributed by atoms with Crippen molar-refractivity contribution in [3.8, 4) is 22.8 Å². The Labute approximate surface area is 157 Å². The van der Waals surface area contributed by atoms with Crippen LogP contribution in [0.4, 0.5) is 0 Å². The molecule has 2 N–H and O–H groups in total. The van der Waals surface area contributed by atoms with Crippen LogP contribution in [0, 0.1) is 0 Å². The van der Waals surface area contributed by atoms with E-state index in [0.29, 0.717) is 35.7 Å². The summed E-state index contributed by atoms with van der Waals surface area (Å²) in [4.78, 5) is 17.4. The number of carbonyl (C=O) groups excluding carboxylic acids is 1. The monoisotopic (exact) mass is 366 g/mol. The zero-order valence-corrected chi connectivity index (χ0v) is 15.4. The van der Waals surface area contributed by atoms with Gasteiger partial charge in [0.1, 0.15) is 0 Å². The number of aromatic nitrogens is 1. The molecule has 0 saturated heterocycles. The first kappa shape index (κ1) is 18.7. The van der Waals surface area contributed by atoms with Crippen molar-refractivity contribution in [1.82, 2.24) is 10.3 Å². The first-order chi connectivity index (χ1) is 13.2. The third-order valence-electron chi connectivity index (χ3n) is 4.26. The fourth-order valence-electron chi connectivity index (χ4n) is 2.88. The molecule has 0 aliphatic rings. The normalized spacial score (nSPS) is 10.6. The Morgan fingerprint density at radius 3 is 2.59 bits per heavy atom. The number of fused-ring (bicyclic) bond motifs is 1. The maximum Gasteiger partial charge on any atom is 0.252 e. The van der Waals surface area contributed by atoms with Crippen molar-refractivity contribution < 1.29 is 19.4 Å². The Hall–Kier alpha value is -3.12. The van der Waals surface area contributed by atoms with Gasteiger partial charge in [0.2, 0.25) is 0 Å². The first-order valence-electron chi connectivity index (χ1n) is 8.69. The average molecular weight is 366 g/mol. The summed E-state index contributed by atoms with van der Waals surface area (Å²) in [5.74, 6) is 1.03. The van der Waals surface area contributed by atoms with Crippen molar-refractivity contribution in [3.05, 3.63) is 54.1 Å². The van der Waals surface area contributed by atoms with Crippen LogP contribution in [0.3, 0.4) is 0 Å². The number of aliphatic hydroxyl groups excluding tert-OH is 1. The lowest BCUT2D eigenvalue weighted by atomic mass is 10.0. The largest absolute Gasteiger partial charge is 0.493 e. The van der Waals surface area contributed by atoms with E-state index in [1.165, 1.54) is 0 Å². The Kier molecular flexibility index (Phi) is 5.88.